The van der Waals surface area contributed by atoms with Crippen LogP contribution in [-0.2, 0) is 0 Å². The molecule has 0 heterocycles. The highest BCUT2D eigenvalue weighted by Crippen LogP contribution is 2.55. The van der Waals surface area contributed by atoms with Gasteiger partial charge in [0.2, 0.25) is 5.96 Å². The van der Waals surface area contributed by atoms with E-state index in [2.05, 4.69) is 101 Å². The smallest absolute Gasteiger partial charge is 0.218 e. The molecule has 32 heavy (non-hydrogen) atoms. The van der Waals surface area contributed by atoms with Gasteiger partial charge in [-0.3, -0.25) is 4.99 Å². The third-order valence-corrected chi connectivity index (χ3v) is 10.0. The minimum Gasteiger partial charge on any atom is -0.370 e. The zero-order chi connectivity index (χ0) is 22.7. The van der Waals surface area contributed by atoms with Crippen molar-refractivity contribution in [1.82, 2.24) is 0 Å². The Morgan fingerprint density at radius 3 is 1.47 bits per heavy atom. The zero-order valence-electron chi connectivity index (χ0n) is 18.5. The lowest BCUT2D eigenvalue weighted by Crippen LogP contribution is -2.33. The molecule has 0 atom stereocenters. The van der Waals surface area contributed by atoms with Gasteiger partial charge in [0.1, 0.15) is 23.2 Å². The number of aliphatic imine (C=N–C) groups is 2. The SMILES string of the molecule is NC(N)=NC(N)=NCCCCCC[P+](c1ccccc1)(c1ccccc1)c1ccccc1. The average Bonchev–Trinajstić information content (AvgIpc) is 2.82. The van der Waals surface area contributed by atoms with Gasteiger partial charge in [0.15, 0.2) is 5.96 Å². The van der Waals surface area contributed by atoms with E-state index in [1.165, 1.54) is 15.9 Å². The molecule has 0 amide bonds. The van der Waals surface area contributed by atoms with Crippen molar-refractivity contribution in [2.75, 3.05) is 12.7 Å². The van der Waals surface area contributed by atoms with Crippen LogP contribution in [0.1, 0.15) is 25.7 Å². The highest BCUT2D eigenvalue weighted by molar-refractivity contribution is 7.95. The van der Waals surface area contributed by atoms with Crippen LogP contribution in [0.15, 0.2) is 101 Å². The molecule has 3 rings (SSSR count). The summed E-state index contributed by atoms with van der Waals surface area (Å²) >= 11 is 0. The standard InChI is InChI=1S/C26H33N5P/c27-25(28)31-26(29)30-20-12-1-2-13-21-32(22-14-6-3-7-15-22,23-16-8-4-9-17-23)24-18-10-5-11-19-24/h3-11,14-19H,1-2,12-13,20-21H2,(H6,27,28,29,30,31)/q+1. The molecule has 0 aromatic heterocycles. The molecule has 0 radical (unpaired) electrons. The fourth-order valence-corrected chi connectivity index (χ4v) is 8.47. The summed E-state index contributed by atoms with van der Waals surface area (Å²) in [5.74, 6) is 0.0847. The molecule has 3 aromatic rings. The molecule has 0 aliphatic carbocycles. The Hall–Kier alpha value is -3.17. The molecule has 5 nitrogen and oxygen atoms in total. The van der Waals surface area contributed by atoms with Gasteiger partial charge >= 0.3 is 0 Å². The van der Waals surface area contributed by atoms with Crippen molar-refractivity contribution in [3.8, 4) is 0 Å². The Labute approximate surface area is 191 Å². The molecular weight excluding hydrogens is 413 g/mol. The lowest BCUT2D eigenvalue weighted by molar-refractivity contribution is 0.677. The molecule has 3 aromatic carbocycles. The number of benzene rings is 3. The second-order valence-corrected chi connectivity index (χ2v) is 11.3. The Bertz CT molecular complexity index is 903. The predicted octanol–water partition coefficient (Wildman–Crippen LogP) is 3.13. The highest BCUT2D eigenvalue weighted by Gasteiger charge is 2.44. The molecule has 6 N–H and O–H groups in total. The molecule has 0 aliphatic rings. The van der Waals surface area contributed by atoms with Crippen molar-refractivity contribution in [2.24, 2.45) is 27.2 Å². The summed E-state index contributed by atoms with van der Waals surface area (Å²) < 4.78 is 0. The van der Waals surface area contributed by atoms with Gasteiger partial charge in [0, 0.05) is 6.54 Å². The van der Waals surface area contributed by atoms with E-state index < -0.39 is 7.26 Å². The number of guanidine groups is 2. The van der Waals surface area contributed by atoms with Crippen LogP contribution in [0.2, 0.25) is 0 Å². The number of nitrogens with zero attached hydrogens (tertiary/aromatic N) is 2. The van der Waals surface area contributed by atoms with E-state index in [9.17, 15) is 0 Å². The summed E-state index contributed by atoms with van der Waals surface area (Å²) in [5, 5.41) is 4.31. The summed E-state index contributed by atoms with van der Waals surface area (Å²) in [6.07, 6.45) is 5.50. The highest BCUT2D eigenvalue weighted by atomic mass is 31.2. The first kappa shape index (κ1) is 23.5. The fraction of sp³-hybridized carbons (Fsp3) is 0.231. The van der Waals surface area contributed by atoms with Gasteiger partial charge in [0.25, 0.3) is 0 Å². The first-order valence-corrected chi connectivity index (χ1v) is 13.0. The van der Waals surface area contributed by atoms with Gasteiger partial charge in [-0.1, -0.05) is 61.0 Å². The number of hydrogen-bond donors (Lipinski definition) is 3. The van der Waals surface area contributed by atoms with Crippen LogP contribution < -0.4 is 33.1 Å². The molecule has 0 aliphatic heterocycles. The van der Waals surface area contributed by atoms with Crippen LogP contribution in [0.3, 0.4) is 0 Å². The summed E-state index contributed by atoms with van der Waals surface area (Å²) in [6, 6.07) is 33.1. The van der Waals surface area contributed by atoms with E-state index >= 15 is 0 Å². The van der Waals surface area contributed by atoms with Crippen molar-refractivity contribution in [3.63, 3.8) is 0 Å². The molecule has 166 valence electrons. The summed E-state index contributed by atoms with van der Waals surface area (Å²) in [6.45, 7) is 0.638. The van der Waals surface area contributed by atoms with E-state index in [1.807, 2.05) is 0 Å². The van der Waals surface area contributed by atoms with Crippen molar-refractivity contribution in [1.29, 1.82) is 0 Å². The average molecular weight is 447 g/mol. The Kier molecular flexibility index (Phi) is 8.82. The van der Waals surface area contributed by atoms with E-state index in [1.54, 1.807) is 0 Å². The van der Waals surface area contributed by atoms with Crippen LogP contribution in [0.25, 0.3) is 0 Å². The predicted molar refractivity (Wildman–Crippen MR) is 141 cm³/mol. The lowest BCUT2D eigenvalue weighted by atomic mass is 10.2. The Balaban J connectivity index is 1.76. The van der Waals surface area contributed by atoms with Crippen LogP contribution in [0.4, 0.5) is 0 Å². The monoisotopic (exact) mass is 446 g/mol. The van der Waals surface area contributed by atoms with Gasteiger partial charge in [0.05, 0.1) is 6.16 Å². The quantitative estimate of drug-likeness (QED) is 0.193. The van der Waals surface area contributed by atoms with Gasteiger partial charge in [-0.25, -0.2) is 0 Å². The van der Waals surface area contributed by atoms with Crippen molar-refractivity contribution < 1.29 is 0 Å². The molecule has 0 bridgehead atoms. The zero-order valence-corrected chi connectivity index (χ0v) is 19.4. The molecular formula is C26H33N5P+. The minimum atomic E-state index is -1.73. The normalized spacial score (nSPS) is 11.8. The van der Waals surface area contributed by atoms with E-state index in [4.69, 9.17) is 17.2 Å². The largest absolute Gasteiger partial charge is 0.370 e. The Morgan fingerprint density at radius 1 is 0.594 bits per heavy atom. The van der Waals surface area contributed by atoms with Gasteiger partial charge in [-0.15, -0.1) is 0 Å². The van der Waals surface area contributed by atoms with Gasteiger partial charge < -0.3 is 17.2 Å². The molecule has 0 saturated carbocycles. The van der Waals surface area contributed by atoms with Gasteiger partial charge in [-0.05, 0) is 55.7 Å². The Morgan fingerprint density at radius 2 is 1.03 bits per heavy atom. The first-order valence-electron chi connectivity index (χ1n) is 11.1. The van der Waals surface area contributed by atoms with E-state index in [0.29, 0.717) is 6.54 Å². The topological polar surface area (TPSA) is 103 Å². The van der Waals surface area contributed by atoms with Crippen molar-refractivity contribution >= 4 is 35.1 Å². The second-order valence-electron chi connectivity index (χ2n) is 7.73. The van der Waals surface area contributed by atoms with Crippen molar-refractivity contribution in [3.05, 3.63) is 91.0 Å². The lowest BCUT2D eigenvalue weighted by Gasteiger charge is -2.27. The minimum absolute atomic E-state index is 0.0608. The fourth-order valence-electron chi connectivity index (χ4n) is 4.06. The summed E-state index contributed by atoms with van der Waals surface area (Å²) in [7, 11) is -1.73. The first-order chi connectivity index (χ1) is 15.6. The maximum atomic E-state index is 5.67. The van der Waals surface area contributed by atoms with E-state index in [0.717, 1.165) is 31.8 Å². The van der Waals surface area contributed by atoms with Crippen LogP contribution in [0, 0.1) is 0 Å². The maximum absolute atomic E-state index is 5.67. The molecule has 0 unspecified atom stereocenters. The number of nitrogens with two attached hydrogens (primary N) is 3. The summed E-state index contributed by atoms with van der Waals surface area (Å²) in [4.78, 5) is 7.96. The summed E-state index contributed by atoms with van der Waals surface area (Å²) in [5.41, 5.74) is 16.3. The van der Waals surface area contributed by atoms with Crippen LogP contribution in [0.5, 0.6) is 0 Å². The molecule has 0 saturated heterocycles. The van der Waals surface area contributed by atoms with E-state index in [-0.39, 0.29) is 11.9 Å². The van der Waals surface area contributed by atoms with Gasteiger partial charge in [-0.2, -0.15) is 4.99 Å². The number of rotatable bonds is 10. The number of unbranched alkanes of at least 4 members (excludes halogenated alkanes) is 3. The third-order valence-electron chi connectivity index (χ3n) is 5.51. The second kappa shape index (κ2) is 12.0. The maximum Gasteiger partial charge on any atom is 0.218 e. The molecule has 6 heteroatoms. The third kappa shape index (κ3) is 6.18. The molecule has 0 spiro atoms. The van der Waals surface area contributed by atoms with Crippen LogP contribution >= 0.6 is 7.26 Å². The van der Waals surface area contributed by atoms with Crippen LogP contribution in [-0.4, -0.2) is 24.6 Å². The van der Waals surface area contributed by atoms with Crippen molar-refractivity contribution in [2.45, 2.75) is 25.7 Å². The molecule has 0 fully saturated rings. The number of hydrogen-bond acceptors (Lipinski definition) is 1.